The van der Waals surface area contributed by atoms with Crippen molar-refractivity contribution in [3.8, 4) is 0 Å². The number of ether oxygens (including phenoxy) is 1. The van der Waals surface area contributed by atoms with Crippen LogP contribution in [0.4, 0.5) is 14.5 Å². The second-order valence-corrected chi connectivity index (χ2v) is 9.12. The predicted octanol–water partition coefficient (Wildman–Crippen LogP) is 2.70. The standard InChI is InChI=1S/C22H29F2N3O4/c1-22(2,3)31-18(29)12-27-10-8-13(9-11-27)14-4-5-15(20(24)19(14)23)25-16-6-7-17(28)26-21(16)30/h4-5,13,16,25H,6-12H2,1-3H3,(H,26,28,30). The molecule has 31 heavy (non-hydrogen) atoms. The van der Waals surface area contributed by atoms with Crippen LogP contribution in [0.2, 0.25) is 0 Å². The first-order valence-corrected chi connectivity index (χ1v) is 10.6. The number of imide groups is 1. The van der Waals surface area contributed by atoms with Gasteiger partial charge in [0, 0.05) is 6.42 Å². The Bertz CT molecular complexity index is 861. The Morgan fingerprint density at radius 1 is 1.16 bits per heavy atom. The van der Waals surface area contributed by atoms with Crippen LogP contribution >= 0.6 is 0 Å². The third-order valence-corrected chi connectivity index (χ3v) is 5.48. The van der Waals surface area contributed by atoms with Crippen molar-refractivity contribution in [2.75, 3.05) is 25.0 Å². The monoisotopic (exact) mass is 437 g/mol. The summed E-state index contributed by atoms with van der Waals surface area (Å²) in [6, 6.07) is 2.19. The van der Waals surface area contributed by atoms with Gasteiger partial charge >= 0.3 is 5.97 Å². The number of rotatable bonds is 5. The van der Waals surface area contributed by atoms with Gasteiger partial charge in [0.25, 0.3) is 0 Å². The highest BCUT2D eigenvalue weighted by Gasteiger charge is 2.30. The first-order valence-electron chi connectivity index (χ1n) is 10.6. The fraction of sp³-hybridized carbons (Fsp3) is 0.591. The zero-order chi connectivity index (χ0) is 22.8. The Balaban J connectivity index is 1.59. The van der Waals surface area contributed by atoms with Crippen LogP contribution < -0.4 is 10.6 Å². The van der Waals surface area contributed by atoms with E-state index in [-0.39, 0.29) is 42.9 Å². The molecule has 2 amide bonds. The molecule has 2 aliphatic rings. The number of carbonyl (C=O) groups is 3. The lowest BCUT2D eigenvalue weighted by Crippen LogP contribution is -2.47. The van der Waals surface area contributed by atoms with E-state index in [1.807, 2.05) is 25.7 Å². The summed E-state index contributed by atoms with van der Waals surface area (Å²) in [5.41, 5.74) is -0.346. The Hall–Kier alpha value is -2.55. The summed E-state index contributed by atoms with van der Waals surface area (Å²) >= 11 is 0. The highest BCUT2D eigenvalue weighted by molar-refractivity contribution is 6.01. The number of nitrogens with zero attached hydrogens (tertiary/aromatic N) is 1. The van der Waals surface area contributed by atoms with Crippen molar-refractivity contribution < 1.29 is 27.9 Å². The molecule has 2 heterocycles. The van der Waals surface area contributed by atoms with Gasteiger partial charge in [-0.1, -0.05) is 6.07 Å². The molecule has 0 spiro atoms. The third-order valence-electron chi connectivity index (χ3n) is 5.48. The first kappa shape index (κ1) is 23.1. The smallest absolute Gasteiger partial charge is 0.320 e. The lowest BCUT2D eigenvalue weighted by molar-refractivity contribution is -0.156. The molecule has 1 aromatic rings. The van der Waals surface area contributed by atoms with E-state index in [0.29, 0.717) is 31.5 Å². The van der Waals surface area contributed by atoms with Gasteiger partial charge in [-0.3, -0.25) is 24.6 Å². The number of hydrogen-bond donors (Lipinski definition) is 2. The molecular formula is C22H29F2N3O4. The van der Waals surface area contributed by atoms with Gasteiger partial charge in [-0.05, 0) is 70.7 Å². The van der Waals surface area contributed by atoms with Crippen LogP contribution in [-0.4, -0.2) is 54.0 Å². The summed E-state index contributed by atoms with van der Waals surface area (Å²) in [5.74, 6) is -3.33. The van der Waals surface area contributed by atoms with E-state index in [4.69, 9.17) is 4.74 Å². The molecule has 2 saturated heterocycles. The molecule has 2 aliphatic heterocycles. The van der Waals surface area contributed by atoms with Crippen molar-refractivity contribution in [1.29, 1.82) is 0 Å². The van der Waals surface area contributed by atoms with Crippen molar-refractivity contribution in [3.63, 3.8) is 0 Å². The van der Waals surface area contributed by atoms with E-state index in [0.717, 1.165) is 0 Å². The summed E-state index contributed by atoms with van der Waals surface area (Å²) in [5, 5.41) is 4.88. The maximum absolute atomic E-state index is 14.8. The molecular weight excluding hydrogens is 408 g/mol. The molecule has 0 radical (unpaired) electrons. The molecule has 1 atom stereocenters. The highest BCUT2D eigenvalue weighted by atomic mass is 19.2. The van der Waals surface area contributed by atoms with Crippen LogP contribution in [0.25, 0.3) is 0 Å². The van der Waals surface area contributed by atoms with E-state index >= 15 is 0 Å². The number of carbonyl (C=O) groups excluding carboxylic acids is 3. The molecule has 0 aliphatic carbocycles. The fourth-order valence-electron chi connectivity index (χ4n) is 3.97. The Kier molecular flexibility index (Phi) is 6.93. The fourth-order valence-corrected chi connectivity index (χ4v) is 3.97. The summed E-state index contributed by atoms with van der Waals surface area (Å²) in [6.45, 7) is 6.78. The minimum atomic E-state index is -1.03. The van der Waals surface area contributed by atoms with E-state index < -0.39 is 29.2 Å². The van der Waals surface area contributed by atoms with Crippen molar-refractivity contribution in [1.82, 2.24) is 10.2 Å². The summed E-state index contributed by atoms with van der Waals surface area (Å²) < 4.78 is 34.8. The van der Waals surface area contributed by atoms with Gasteiger partial charge < -0.3 is 10.1 Å². The van der Waals surface area contributed by atoms with Gasteiger partial charge in [-0.2, -0.15) is 0 Å². The topological polar surface area (TPSA) is 87.7 Å². The Morgan fingerprint density at radius 2 is 1.84 bits per heavy atom. The lowest BCUT2D eigenvalue weighted by atomic mass is 9.88. The molecule has 1 unspecified atom stereocenters. The van der Waals surface area contributed by atoms with Crippen LogP contribution in [0.1, 0.15) is 57.9 Å². The number of anilines is 1. The molecule has 1 aromatic carbocycles. The van der Waals surface area contributed by atoms with Crippen molar-refractivity contribution >= 4 is 23.5 Å². The molecule has 0 bridgehead atoms. The van der Waals surface area contributed by atoms with E-state index in [1.54, 1.807) is 6.07 Å². The maximum atomic E-state index is 14.8. The minimum Gasteiger partial charge on any atom is -0.459 e. The molecule has 170 valence electrons. The SMILES string of the molecule is CC(C)(C)OC(=O)CN1CCC(c2ccc(NC3CCC(=O)NC3=O)c(F)c2F)CC1. The van der Waals surface area contributed by atoms with Crippen molar-refractivity contribution in [3.05, 3.63) is 29.3 Å². The van der Waals surface area contributed by atoms with Crippen LogP contribution in [0.3, 0.4) is 0 Å². The van der Waals surface area contributed by atoms with E-state index in [9.17, 15) is 23.2 Å². The number of benzene rings is 1. The highest BCUT2D eigenvalue weighted by Crippen LogP contribution is 2.33. The second-order valence-electron chi connectivity index (χ2n) is 9.12. The number of hydrogen-bond acceptors (Lipinski definition) is 6. The molecule has 3 rings (SSSR count). The van der Waals surface area contributed by atoms with Crippen LogP contribution in [0.5, 0.6) is 0 Å². The Labute approximate surface area is 180 Å². The number of halogens is 2. The first-order chi connectivity index (χ1) is 14.5. The molecule has 0 aromatic heterocycles. The molecule has 7 nitrogen and oxygen atoms in total. The van der Waals surface area contributed by atoms with Crippen molar-refractivity contribution in [2.45, 2.75) is 64.0 Å². The number of piperidine rings is 2. The van der Waals surface area contributed by atoms with Gasteiger partial charge in [0.2, 0.25) is 11.8 Å². The van der Waals surface area contributed by atoms with E-state index in [2.05, 4.69) is 10.6 Å². The average molecular weight is 437 g/mol. The van der Waals surface area contributed by atoms with Gasteiger partial charge in [0.1, 0.15) is 11.6 Å². The van der Waals surface area contributed by atoms with Gasteiger partial charge in [0.05, 0.1) is 12.2 Å². The number of likely N-dealkylation sites (tertiary alicyclic amines) is 1. The number of amides is 2. The third kappa shape index (κ3) is 6.00. The lowest BCUT2D eigenvalue weighted by Gasteiger charge is -2.32. The quantitative estimate of drug-likeness (QED) is 0.544. The maximum Gasteiger partial charge on any atom is 0.320 e. The van der Waals surface area contributed by atoms with Crippen LogP contribution in [-0.2, 0) is 19.1 Å². The molecule has 0 saturated carbocycles. The Morgan fingerprint density at radius 3 is 2.45 bits per heavy atom. The molecule has 2 fully saturated rings. The van der Waals surface area contributed by atoms with Crippen molar-refractivity contribution in [2.24, 2.45) is 0 Å². The predicted molar refractivity (Wildman–Crippen MR) is 110 cm³/mol. The van der Waals surface area contributed by atoms with Crippen LogP contribution in [0.15, 0.2) is 12.1 Å². The van der Waals surface area contributed by atoms with E-state index in [1.165, 1.54) is 6.07 Å². The van der Waals surface area contributed by atoms with Gasteiger partial charge in [-0.25, -0.2) is 8.78 Å². The van der Waals surface area contributed by atoms with Gasteiger partial charge in [0.15, 0.2) is 11.6 Å². The molecule has 9 heteroatoms. The minimum absolute atomic E-state index is 0.0990. The summed E-state index contributed by atoms with van der Waals surface area (Å²) in [7, 11) is 0. The summed E-state index contributed by atoms with van der Waals surface area (Å²) in [6.07, 6.45) is 1.56. The number of nitrogens with one attached hydrogen (secondary N) is 2. The summed E-state index contributed by atoms with van der Waals surface area (Å²) in [4.78, 5) is 37.0. The molecule has 2 N–H and O–H groups in total. The normalized spacial score (nSPS) is 21.0. The zero-order valence-corrected chi connectivity index (χ0v) is 18.1. The largest absolute Gasteiger partial charge is 0.459 e. The second kappa shape index (κ2) is 9.30. The zero-order valence-electron chi connectivity index (χ0n) is 18.1. The van der Waals surface area contributed by atoms with Gasteiger partial charge in [-0.15, -0.1) is 0 Å². The average Bonchev–Trinajstić information content (AvgIpc) is 2.67. The number of esters is 1. The van der Waals surface area contributed by atoms with Crippen LogP contribution in [0, 0.1) is 11.6 Å².